The molecule has 0 aliphatic rings. The van der Waals surface area contributed by atoms with Crippen molar-refractivity contribution in [1.82, 2.24) is 15.3 Å². The van der Waals surface area contributed by atoms with Gasteiger partial charge >= 0.3 is 0 Å². The van der Waals surface area contributed by atoms with E-state index in [1.54, 1.807) is 19.1 Å². The van der Waals surface area contributed by atoms with E-state index in [-0.39, 0.29) is 30.6 Å². The molecule has 4 aromatic rings. The minimum Gasteiger partial charge on any atom is -0.386 e. The number of aromatic nitrogens is 2. The Labute approximate surface area is 226 Å². The number of ketones is 1. The predicted octanol–water partition coefficient (Wildman–Crippen LogP) is 6.24. The van der Waals surface area contributed by atoms with Crippen molar-refractivity contribution in [2.24, 2.45) is 0 Å². The molecular formula is C27H26BrN3O3S2. The van der Waals surface area contributed by atoms with E-state index >= 15 is 0 Å². The summed E-state index contributed by atoms with van der Waals surface area (Å²) < 4.78 is 0.747. The van der Waals surface area contributed by atoms with Crippen molar-refractivity contribution in [2.75, 3.05) is 0 Å². The first-order chi connectivity index (χ1) is 17.2. The number of halogens is 1. The maximum absolute atomic E-state index is 12.9. The van der Waals surface area contributed by atoms with Crippen molar-refractivity contribution in [3.63, 3.8) is 0 Å². The molecule has 0 saturated heterocycles. The summed E-state index contributed by atoms with van der Waals surface area (Å²) in [5.74, 6) is -0.175. The third-order valence-corrected chi connectivity index (χ3v) is 8.23. The highest BCUT2D eigenvalue weighted by Gasteiger charge is 2.18. The largest absolute Gasteiger partial charge is 0.386 e. The highest BCUT2D eigenvalue weighted by Crippen LogP contribution is 2.33. The van der Waals surface area contributed by atoms with Gasteiger partial charge in [0.15, 0.2) is 0 Å². The number of carbonyl (C=O) groups excluding carboxylic acids is 2. The summed E-state index contributed by atoms with van der Waals surface area (Å²) in [4.78, 5) is 35.7. The van der Waals surface area contributed by atoms with Gasteiger partial charge in [0, 0.05) is 21.8 Å². The smallest absolute Gasteiger partial charge is 0.251 e. The van der Waals surface area contributed by atoms with Crippen molar-refractivity contribution in [3.8, 4) is 10.6 Å². The fraction of sp³-hybridized carbons (Fsp3) is 0.259. The first kappa shape index (κ1) is 26.3. The Morgan fingerprint density at radius 2 is 1.83 bits per heavy atom. The molecule has 2 N–H and O–H groups in total. The minimum absolute atomic E-state index is 0.0173. The Balaban J connectivity index is 1.41. The number of benzene rings is 2. The maximum atomic E-state index is 12.9. The summed E-state index contributed by atoms with van der Waals surface area (Å²) in [7, 11) is 0. The van der Waals surface area contributed by atoms with Crippen molar-refractivity contribution in [1.29, 1.82) is 0 Å². The second-order valence-corrected chi connectivity index (χ2v) is 11.5. The van der Waals surface area contributed by atoms with Crippen LogP contribution in [0.2, 0.25) is 0 Å². The number of nitrogens with one attached hydrogen (secondary N) is 1. The monoisotopic (exact) mass is 583 g/mol. The van der Waals surface area contributed by atoms with Crippen LogP contribution in [0.5, 0.6) is 0 Å². The molecule has 0 saturated carbocycles. The van der Waals surface area contributed by atoms with Crippen molar-refractivity contribution in [3.05, 3.63) is 90.8 Å². The van der Waals surface area contributed by atoms with Gasteiger partial charge in [-0.05, 0) is 50.1 Å². The lowest BCUT2D eigenvalue weighted by molar-refractivity contribution is -0.117. The van der Waals surface area contributed by atoms with Gasteiger partial charge in [-0.2, -0.15) is 0 Å². The second kappa shape index (κ2) is 11.6. The van der Waals surface area contributed by atoms with Gasteiger partial charge in [-0.25, -0.2) is 9.97 Å². The lowest BCUT2D eigenvalue weighted by Crippen LogP contribution is -2.26. The standard InChI is InChI=1S/C27H26BrN3O3S2/c1-15(19-7-5-4-6-8-19)29-26(34)20-9-18(10-21(28)12-20)11-22(33)13-24-31-23(14-35-24)25-16(2)30-27(36-25)17(3)32/h4-10,12,14-15,17,32H,11,13H2,1-3H3,(H,29,34)/t15-,17-/m0/s1. The normalized spacial score (nSPS) is 12.8. The molecule has 0 bridgehead atoms. The van der Waals surface area contributed by atoms with E-state index in [1.165, 1.54) is 22.7 Å². The number of aliphatic hydroxyl groups is 1. The average molecular weight is 585 g/mol. The van der Waals surface area contributed by atoms with Crippen LogP contribution in [0, 0.1) is 6.92 Å². The van der Waals surface area contributed by atoms with E-state index in [0.29, 0.717) is 10.6 Å². The van der Waals surface area contributed by atoms with Crippen molar-refractivity contribution < 1.29 is 14.7 Å². The number of carbonyl (C=O) groups is 2. The molecule has 6 nitrogen and oxygen atoms in total. The van der Waals surface area contributed by atoms with E-state index in [2.05, 4.69) is 31.2 Å². The minimum atomic E-state index is -0.624. The summed E-state index contributed by atoms with van der Waals surface area (Å²) in [6.07, 6.45) is -0.208. The molecule has 2 heterocycles. The van der Waals surface area contributed by atoms with Crippen molar-refractivity contribution >= 4 is 50.3 Å². The molecule has 0 aliphatic heterocycles. The van der Waals surface area contributed by atoms with E-state index in [4.69, 9.17) is 0 Å². The molecule has 4 rings (SSSR count). The number of aliphatic hydroxyl groups excluding tert-OH is 1. The lowest BCUT2D eigenvalue weighted by Gasteiger charge is -2.15. The summed E-state index contributed by atoms with van der Waals surface area (Å²) >= 11 is 6.33. The fourth-order valence-electron chi connectivity index (χ4n) is 3.78. The topological polar surface area (TPSA) is 92.2 Å². The molecule has 1 amide bonds. The highest BCUT2D eigenvalue weighted by atomic mass is 79.9. The van der Waals surface area contributed by atoms with Gasteiger partial charge in [0.25, 0.3) is 5.91 Å². The van der Waals surface area contributed by atoms with E-state index in [9.17, 15) is 14.7 Å². The fourth-order valence-corrected chi connectivity index (χ4v) is 6.17. The second-order valence-electron chi connectivity index (χ2n) is 8.62. The first-order valence-corrected chi connectivity index (χ1v) is 14.0. The van der Waals surface area contributed by atoms with E-state index in [0.717, 1.165) is 36.9 Å². The van der Waals surface area contributed by atoms with Crippen LogP contribution >= 0.6 is 38.6 Å². The van der Waals surface area contributed by atoms with Crippen LogP contribution in [0.25, 0.3) is 10.6 Å². The molecule has 2 aromatic heterocycles. The molecular weight excluding hydrogens is 558 g/mol. The van der Waals surface area contributed by atoms with Gasteiger partial charge in [0.1, 0.15) is 21.9 Å². The van der Waals surface area contributed by atoms with Gasteiger partial charge in [-0.3, -0.25) is 9.59 Å². The summed E-state index contributed by atoms with van der Waals surface area (Å²) in [6, 6.07) is 15.0. The van der Waals surface area contributed by atoms with Crippen molar-refractivity contribution in [2.45, 2.75) is 45.8 Å². The molecule has 0 fully saturated rings. The zero-order chi connectivity index (χ0) is 25.8. The van der Waals surface area contributed by atoms with Crippen LogP contribution in [0.15, 0.2) is 58.4 Å². The molecule has 2 atom stereocenters. The third kappa shape index (κ3) is 6.53. The van der Waals surface area contributed by atoms with Gasteiger partial charge in [0.05, 0.1) is 28.7 Å². The number of rotatable bonds is 9. The van der Waals surface area contributed by atoms with Crippen LogP contribution in [0.1, 0.15) is 63.2 Å². The first-order valence-electron chi connectivity index (χ1n) is 11.5. The van der Waals surface area contributed by atoms with Crippen LogP contribution < -0.4 is 5.32 Å². The van der Waals surface area contributed by atoms with Gasteiger partial charge < -0.3 is 10.4 Å². The number of hydrogen-bond donors (Lipinski definition) is 2. The Hall–Kier alpha value is -2.72. The van der Waals surface area contributed by atoms with E-state index < -0.39 is 6.10 Å². The average Bonchev–Trinajstić information content (AvgIpc) is 3.45. The molecule has 0 unspecified atom stereocenters. The number of nitrogens with zero attached hydrogens (tertiary/aromatic N) is 2. The van der Waals surface area contributed by atoms with Crippen LogP contribution in [0.4, 0.5) is 0 Å². The quantitative estimate of drug-likeness (QED) is 0.243. The number of Topliss-reactive ketones (excluding diaryl/α,β-unsaturated/α-hetero) is 1. The molecule has 186 valence electrons. The zero-order valence-electron chi connectivity index (χ0n) is 20.1. The molecule has 0 radical (unpaired) electrons. The lowest BCUT2D eigenvalue weighted by atomic mass is 10.0. The SMILES string of the molecule is Cc1nc([C@H](C)O)sc1-c1csc(CC(=O)Cc2cc(Br)cc(C(=O)N[C@@H](C)c3ccccc3)c2)n1. The Kier molecular flexibility index (Phi) is 8.46. The predicted molar refractivity (Wildman–Crippen MR) is 147 cm³/mol. The summed E-state index contributed by atoms with van der Waals surface area (Å²) in [5.41, 5.74) is 3.89. The summed E-state index contributed by atoms with van der Waals surface area (Å²) in [6.45, 7) is 5.52. The number of hydrogen-bond acceptors (Lipinski definition) is 7. The van der Waals surface area contributed by atoms with Gasteiger partial charge in [0.2, 0.25) is 0 Å². The van der Waals surface area contributed by atoms with E-state index in [1.807, 2.05) is 55.6 Å². The number of aryl methyl sites for hydroxylation is 1. The van der Waals surface area contributed by atoms with Gasteiger partial charge in [-0.1, -0.05) is 46.3 Å². The Bertz CT molecular complexity index is 1380. The molecule has 0 spiro atoms. The van der Waals surface area contributed by atoms with Crippen LogP contribution in [0.3, 0.4) is 0 Å². The van der Waals surface area contributed by atoms with Gasteiger partial charge in [-0.15, -0.1) is 22.7 Å². The summed E-state index contributed by atoms with van der Waals surface area (Å²) in [5, 5.41) is 16.1. The molecule has 0 aliphatic carbocycles. The number of thiazole rings is 2. The highest BCUT2D eigenvalue weighted by molar-refractivity contribution is 9.10. The molecule has 36 heavy (non-hydrogen) atoms. The van der Waals surface area contributed by atoms with Crippen LogP contribution in [-0.4, -0.2) is 26.8 Å². The Morgan fingerprint density at radius 3 is 2.53 bits per heavy atom. The molecule has 9 heteroatoms. The number of amides is 1. The van der Waals surface area contributed by atoms with Crippen LogP contribution in [-0.2, 0) is 17.6 Å². The Morgan fingerprint density at radius 1 is 1.08 bits per heavy atom. The third-order valence-electron chi connectivity index (χ3n) is 5.57. The maximum Gasteiger partial charge on any atom is 0.251 e. The zero-order valence-corrected chi connectivity index (χ0v) is 23.3. The molecule has 2 aromatic carbocycles.